The maximum atomic E-state index is 12.9. The van der Waals surface area contributed by atoms with E-state index in [1.807, 2.05) is 5.32 Å². The highest BCUT2D eigenvalue weighted by molar-refractivity contribution is 7.87. The third-order valence-electron chi connectivity index (χ3n) is 3.76. The molecule has 0 saturated heterocycles. The number of hydrogen-bond acceptors (Lipinski definition) is 5. The number of nitrogens with one attached hydrogen (secondary N) is 1. The summed E-state index contributed by atoms with van der Waals surface area (Å²) < 4.78 is 106. The maximum absolute atomic E-state index is 12.9. The van der Waals surface area contributed by atoms with Gasteiger partial charge in [-0.2, -0.15) is 34.8 Å². The highest BCUT2D eigenvalue weighted by Crippen LogP contribution is 2.38. The molecular formula is C16H7F6NO5S. The van der Waals surface area contributed by atoms with Crippen LogP contribution in [0.2, 0.25) is 0 Å². The van der Waals surface area contributed by atoms with Crippen LogP contribution in [0.25, 0.3) is 0 Å². The second kappa shape index (κ2) is 6.47. The zero-order valence-corrected chi connectivity index (χ0v) is 14.5. The largest absolute Gasteiger partial charge is 0.416 e. The number of fused-ring (bicyclic) bond motifs is 1. The molecule has 0 fully saturated rings. The molecule has 2 amide bonds. The second-order valence-electron chi connectivity index (χ2n) is 5.77. The molecule has 0 unspecified atom stereocenters. The summed E-state index contributed by atoms with van der Waals surface area (Å²) in [5, 5.41) is 1.90. The number of hydrogen-bond donors (Lipinski definition) is 1. The van der Waals surface area contributed by atoms with Crippen LogP contribution in [0.5, 0.6) is 5.75 Å². The molecule has 0 spiro atoms. The fraction of sp³-hybridized carbons (Fsp3) is 0.125. The van der Waals surface area contributed by atoms with E-state index in [1.54, 1.807) is 0 Å². The fourth-order valence-corrected chi connectivity index (χ4v) is 3.39. The molecule has 154 valence electrons. The van der Waals surface area contributed by atoms with Gasteiger partial charge in [-0.25, -0.2) is 0 Å². The monoisotopic (exact) mass is 439 g/mol. The molecule has 3 rings (SSSR count). The summed E-state index contributed by atoms with van der Waals surface area (Å²) in [4.78, 5) is 22.3. The van der Waals surface area contributed by atoms with E-state index in [0.717, 1.165) is 18.2 Å². The van der Waals surface area contributed by atoms with Crippen LogP contribution in [0.15, 0.2) is 41.3 Å². The third-order valence-corrected chi connectivity index (χ3v) is 5.01. The Kier molecular flexibility index (Phi) is 4.61. The number of amides is 2. The Morgan fingerprint density at radius 1 is 0.759 bits per heavy atom. The lowest BCUT2D eigenvalue weighted by atomic mass is 10.1. The van der Waals surface area contributed by atoms with E-state index in [1.165, 1.54) is 0 Å². The molecule has 1 heterocycles. The maximum Gasteiger partial charge on any atom is 0.416 e. The number of rotatable bonds is 3. The summed E-state index contributed by atoms with van der Waals surface area (Å²) in [5.41, 5.74) is -4.01. The van der Waals surface area contributed by atoms with E-state index in [-0.39, 0.29) is 29.3 Å². The lowest BCUT2D eigenvalue weighted by Gasteiger charge is -2.14. The number of alkyl halides is 6. The first-order valence-electron chi connectivity index (χ1n) is 7.42. The summed E-state index contributed by atoms with van der Waals surface area (Å²) in [5.74, 6) is -2.93. The Morgan fingerprint density at radius 2 is 1.28 bits per heavy atom. The van der Waals surface area contributed by atoms with Crippen molar-refractivity contribution in [2.75, 3.05) is 0 Å². The minimum Gasteiger partial charge on any atom is -0.379 e. The van der Waals surface area contributed by atoms with Crippen molar-refractivity contribution in [1.29, 1.82) is 0 Å². The molecule has 2 aromatic carbocycles. The van der Waals surface area contributed by atoms with E-state index >= 15 is 0 Å². The summed E-state index contributed by atoms with van der Waals surface area (Å²) >= 11 is 0. The van der Waals surface area contributed by atoms with Crippen LogP contribution in [0.4, 0.5) is 26.3 Å². The Labute approximate surface area is 158 Å². The summed E-state index contributed by atoms with van der Waals surface area (Å²) in [6, 6.07) is 2.50. The SMILES string of the molecule is O=C1NC(=O)c2cc(S(=O)(=O)Oc3cc(C(F)(F)F)cc(C(F)(F)F)c3)ccc21. The first kappa shape index (κ1) is 20.6. The number of halogens is 6. The molecule has 0 bridgehead atoms. The van der Waals surface area contributed by atoms with Gasteiger partial charge in [0.1, 0.15) is 10.6 Å². The predicted octanol–water partition coefficient (Wildman–Crippen LogP) is 3.38. The molecule has 29 heavy (non-hydrogen) atoms. The smallest absolute Gasteiger partial charge is 0.379 e. The second-order valence-corrected chi connectivity index (χ2v) is 7.32. The van der Waals surface area contributed by atoms with Crippen molar-refractivity contribution in [1.82, 2.24) is 5.32 Å². The molecule has 0 atom stereocenters. The van der Waals surface area contributed by atoms with Crippen molar-refractivity contribution in [2.45, 2.75) is 17.2 Å². The van der Waals surface area contributed by atoms with Crippen molar-refractivity contribution < 1.29 is 48.5 Å². The van der Waals surface area contributed by atoms with Gasteiger partial charge >= 0.3 is 22.5 Å². The Morgan fingerprint density at radius 3 is 1.79 bits per heavy atom. The van der Waals surface area contributed by atoms with Gasteiger partial charge in [0.05, 0.1) is 22.3 Å². The van der Waals surface area contributed by atoms with E-state index in [2.05, 4.69) is 4.18 Å². The van der Waals surface area contributed by atoms with Gasteiger partial charge in [-0.15, -0.1) is 0 Å². The van der Waals surface area contributed by atoms with Crippen LogP contribution in [0.1, 0.15) is 31.8 Å². The van der Waals surface area contributed by atoms with Gasteiger partial charge in [-0.1, -0.05) is 0 Å². The molecule has 1 aliphatic rings. The number of benzene rings is 2. The van der Waals surface area contributed by atoms with Gasteiger partial charge in [0, 0.05) is 0 Å². The average Bonchev–Trinajstić information content (AvgIpc) is 2.86. The van der Waals surface area contributed by atoms with Crippen LogP contribution in [-0.2, 0) is 22.5 Å². The topological polar surface area (TPSA) is 89.5 Å². The van der Waals surface area contributed by atoms with E-state index < -0.39 is 56.1 Å². The Bertz CT molecular complexity index is 1110. The van der Waals surface area contributed by atoms with Gasteiger partial charge in [-0.3, -0.25) is 14.9 Å². The van der Waals surface area contributed by atoms with Crippen LogP contribution in [0.3, 0.4) is 0 Å². The van der Waals surface area contributed by atoms with Crippen molar-refractivity contribution in [3.05, 3.63) is 58.7 Å². The fourth-order valence-electron chi connectivity index (χ4n) is 2.45. The quantitative estimate of drug-likeness (QED) is 0.450. The molecule has 13 heteroatoms. The van der Waals surface area contributed by atoms with Crippen LogP contribution >= 0.6 is 0 Å². The first-order valence-corrected chi connectivity index (χ1v) is 8.83. The summed E-state index contributed by atoms with van der Waals surface area (Å²) in [7, 11) is -4.93. The first-order chi connectivity index (χ1) is 13.2. The normalized spacial score (nSPS) is 14.6. The summed E-state index contributed by atoms with van der Waals surface area (Å²) in [6.45, 7) is 0. The van der Waals surface area contributed by atoms with Crippen molar-refractivity contribution in [2.24, 2.45) is 0 Å². The highest BCUT2D eigenvalue weighted by Gasteiger charge is 2.38. The van der Waals surface area contributed by atoms with Gasteiger partial charge in [-0.05, 0) is 36.4 Å². The minimum atomic E-state index is -5.20. The zero-order chi connectivity index (χ0) is 21.8. The van der Waals surface area contributed by atoms with Gasteiger partial charge in [0.15, 0.2) is 0 Å². The third kappa shape index (κ3) is 4.04. The highest BCUT2D eigenvalue weighted by atomic mass is 32.2. The Balaban J connectivity index is 2.04. The van der Waals surface area contributed by atoms with E-state index in [9.17, 15) is 44.3 Å². The van der Waals surface area contributed by atoms with Crippen LogP contribution in [-0.4, -0.2) is 20.2 Å². The standard InChI is InChI=1S/C16H7F6NO5S/c17-15(18,19)7-3-8(16(20,21)22)5-9(4-7)28-29(26,27)10-1-2-11-12(6-10)14(25)23-13(11)24/h1-6H,(H,23,24,25). The van der Waals surface area contributed by atoms with Crippen molar-refractivity contribution in [3.63, 3.8) is 0 Å². The molecule has 0 aliphatic carbocycles. The average molecular weight is 439 g/mol. The number of carbonyl (C=O) groups excluding carboxylic acids is 2. The molecule has 0 aromatic heterocycles. The van der Waals surface area contributed by atoms with Crippen molar-refractivity contribution in [3.8, 4) is 5.75 Å². The number of imide groups is 1. The molecule has 0 saturated carbocycles. The van der Waals surface area contributed by atoms with Crippen LogP contribution in [0, 0.1) is 0 Å². The molecule has 1 N–H and O–H groups in total. The molecule has 0 radical (unpaired) electrons. The lowest BCUT2D eigenvalue weighted by molar-refractivity contribution is -0.143. The van der Waals surface area contributed by atoms with Crippen molar-refractivity contribution >= 4 is 21.9 Å². The zero-order valence-electron chi connectivity index (χ0n) is 13.7. The molecule has 6 nitrogen and oxygen atoms in total. The minimum absolute atomic E-state index is 0.0936. The number of carbonyl (C=O) groups is 2. The molecular weight excluding hydrogens is 432 g/mol. The molecule has 1 aliphatic heterocycles. The summed E-state index contributed by atoms with van der Waals surface area (Å²) in [6.07, 6.45) is -10.4. The van der Waals surface area contributed by atoms with Gasteiger partial charge in [0.2, 0.25) is 0 Å². The van der Waals surface area contributed by atoms with Crippen LogP contribution < -0.4 is 9.50 Å². The van der Waals surface area contributed by atoms with Gasteiger partial charge in [0.25, 0.3) is 11.8 Å². The Hall–Kier alpha value is -3.09. The van der Waals surface area contributed by atoms with E-state index in [4.69, 9.17) is 0 Å². The lowest BCUT2D eigenvalue weighted by Crippen LogP contribution is -2.19. The van der Waals surface area contributed by atoms with E-state index in [0.29, 0.717) is 0 Å². The predicted molar refractivity (Wildman–Crippen MR) is 82.5 cm³/mol. The van der Waals surface area contributed by atoms with Gasteiger partial charge < -0.3 is 4.18 Å². The molecule has 2 aromatic rings.